The zero-order chi connectivity index (χ0) is 17.8. The van der Waals surface area contributed by atoms with Gasteiger partial charge in [0.05, 0.1) is 21.3 Å². The Hall–Kier alpha value is -2.63. The van der Waals surface area contributed by atoms with Gasteiger partial charge in [0.15, 0.2) is 5.75 Å². The second-order valence-electron chi connectivity index (χ2n) is 5.01. The van der Waals surface area contributed by atoms with Crippen molar-refractivity contribution in [1.29, 1.82) is 0 Å². The van der Waals surface area contributed by atoms with E-state index in [0.717, 1.165) is 0 Å². The molecule has 4 nitrogen and oxygen atoms in total. The van der Waals surface area contributed by atoms with E-state index in [0.29, 0.717) is 27.0 Å². The highest BCUT2D eigenvalue weighted by atomic mass is 35.5. The smallest absolute Gasteiger partial charge is 0.257 e. The molecule has 0 aliphatic rings. The van der Waals surface area contributed by atoms with Gasteiger partial charge < -0.3 is 10.1 Å². The number of amides is 1. The summed E-state index contributed by atoms with van der Waals surface area (Å²) in [5, 5.41) is 3.35. The van der Waals surface area contributed by atoms with Crippen LogP contribution in [0.3, 0.4) is 0 Å². The van der Waals surface area contributed by atoms with Gasteiger partial charge in [0.1, 0.15) is 11.6 Å². The van der Waals surface area contributed by atoms with Crippen molar-refractivity contribution in [3.05, 3.63) is 82.4 Å². The van der Waals surface area contributed by atoms with Crippen molar-refractivity contribution in [2.45, 2.75) is 0 Å². The van der Waals surface area contributed by atoms with E-state index in [1.54, 1.807) is 30.5 Å². The molecule has 0 aliphatic carbocycles. The standard InChI is InChI=1S/C18H11Cl2FN2O2/c19-14-5-4-13(9-15(14)20)25-17-8-12(21)3-6-16(17)23-18(24)11-2-1-7-22-10-11/h1-10H,(H,23,24). The van der Waals surface area contributed by atoms with Crippen LogP contribution in [-0.2, 0) is 0 Å². The molecule has 3 rings (SSSR count). The van der Waals surface area contributed by atoms with Crippen LogP contribution in [0.2, 0.25) is 10.0 Å². The highest BCUT2D eigenvalue weighted by molar-refractivity contribution is 6.42. The van der Waals surface area contributed by atoms with Crippen LogP contribution < -0.4 is 10.1 Å². The molecule has 0 spiro atoms. The summed E-state index contributed by atoms with van der Waals surface area (Å²) in [6, 6.07) is 11.7. The number of aromatic nitrogens is 1. The maximum atomic E-state index is 13.6. The zero-order valence-corrected chi connectivity index (χ0v) is 14.2. The van der Waals surface area contributed by atoms with Gasteiger partial charge in [0.2, 0.25) is 0 Å². The highest BCUT2D eigenvalue weighted by Gasteiger charge is 2.12. The van der Waals surface area contributed by atoms with E-state index in [-0.39, 0.29) is 5.75 Å². The van der Waals surface area contributed by atoms with Crippen molar-refractivity contribution in [3.63, 3.8) is 0 Å². The monoisotopic (exact) mass is 376 g/mol. The highest BCUT2D eigenvalue weighted by Crippen LogP contribution is 2.33. The van der Waals surface area contributed by atoms with Crippen LogP contribution in [0.25, 0.3) is 0 Å². The van der Waals surface area contributed by atoms with E-state index in [2.05, 4.69) is 10.3 Å². The Morgan fingerprint density at radius 2 is 1.92 bits per heavy atom. The number of hydrogen-bond donors (Lipinski definition) is 1. The first-order valence-electron chi connectivity index (χ1n) is 7.17. The summed E-state index contributed by atoms with van der Waals surface area (Å²) in [6.07, 6.45) is 2.99. The molecule has 1 heterocycles. The van der Waals surface area contributed by atoms with Crippen molar-refractivity contribution in [3.8, 4) is 11.5 Å². The van der Waals surface area contributed by atoms with Gasteiger partial charge in [-0.25, -0.2) is 4.39 Å². The molecule has 0 aliphatic heterocycles. The molecule has 25 heavy (non-hydrogen) atoms. The van der Waals surface area contributed by atoms with E-state index in [1.165, 1.54) is 30.5 Å². The van der Waals surface area contributed by atoms with Crippen LogP contribution in [-0.4, -0.2) is 10.9 Å². The van der Waals surface area contributed by atoms with E-state index < -0.39 is 11.7 Å². The molecule has 1 aromatic heterocycles. The van der Waals surface area contributed by atoms with Crippen LogP contribution in [0.15, 0.2) is 60.9 Å². The third-order valence-corrected chi connectivity index (χ3v) is 3.97. The van der Waals surface area contributed by atoms with Crippen LogP contribution >= 0.6 is 23.2 Å². The molecular weight excluding hydrogens is 366 g/mol. The predicted octanol–water partition coefficient (Wildman–Crippen LogP) is 5.57. The SMILES string of the molecule is O=C(Nc1ccc(F)cc1Oc1ccc(Cl)c(Cl)c1)c1cccnc1. The summed E-state index contributed by atoms with van der Waals surface area (Å²) in [6.45, 7) is 0. The number of ether oxygens (including phenoxy) is 1. The summed E-state index contributed by atoms with van der Waals surface area (Å²) in [7, 11) is 0. The first kappa shape index (κ1) is 17.2. The lowest BCUT2D eigenvalue weighted by atomic mass is 10.2. The predicted molar refractivity (Wildman–Crippen MR) is 95.1 cm³/mol. The molecule has 0 saturated carbocycles. The Morgan fingerprint density at radius 1 is 1.08 bits per heavy atom. The summed E-state index contributed by atoms with van der Waals surface area (Å²) in [5.41, 5.74) is 0.675. The maximum absolute atomic E-state index is 13.6. The number of carbonyl (C=O) groups is 1. The van der Waals surface area contributed by atoms with Crippen LogP contribution in [0, 0.1) is 5.82 Å². The van der Waals surface area contributed by atoms with Gasteiger partial charge in [0, 0.05) is 24.5 Å². The third-order valence-electron chi connectivity index (χ3n) is 3.23. The lowest BCUT2D eigenvalue weighted by Crippen LogP contribution is -2.12. The van der Waals surface area contributed by atoms with Gasteiger partial charge in [-0.05, 0) is 36.4 Å². The lowest BCUT2D eigenvalue weighted by Gasteiger charge is -2.13. The van der Waals surface area contributed by atoms with E-state index >= 15 is 0 Å². The van der Waals surface area contributed by atoms with Crippen molar-refractivity contribution in [2.75, 3.05) is 5.32 Å². The van der Waals surface area contributed by atoms with Gasteiger partial charge >= 0.3 is 0 Å². The molecule has 0 radical (unpaired) electrons. The molecule has 3 aromatic rings. The summed E-state index contributed by atoms with van der Waals surface area (Å²) in [4.78, 5) is 16.2. The fourth-order valence-electron chi connectivity index (χ4n) is 2.04. The molecule has 7 heteroatoms. The van der Waals surface area contributed by atoms with Crippen LogP contribution in [0.5, 0.6) is 11.5 Å². The minimum Gasteiger partial charge on any atom is -0.455 e. The maximum Gasteiger partial charge on any atom is 0.257 e. The summed E-state index contributed by atoms with van der Waals surface area (Å²) >= 11 is 11.8. The van der Waals surface area contributed by atoms with Crippen molar-refractivity contribution in [2.24, 2.45) is 0 Å². The third kappa shape index (κ3) is 4.26. The second kappa shape index (κ2) is 7.51. The Balaban J connectivity index is 1.87. The second-order valence-corrected chi connectivity index (χ2v) is 5.83. The number of anilines is 1. The van der Waals surface area contributed by atoms with Crippen molar-refractivity contribution >= 4 is 34.8 Å². The Bertz CT molecular complexity index is 920. The fourth-order valence-corrected chi connectivity index (χ4v) is 2.33. The minimum atomic E-state index is -0.505. The molecule has 126 valence electrons. The number of benzene rings is 2. The fraction of sp³-hybridized carbons (Fsp3) is 0. The summed E-state index contributed by atoms with van der Waals surface area (Å²) < 4.78 is 19.3. The van der Waals surface area contributed by atoms with Gasteiger partial charge in [-0.3, -0.25) is 9.78 Å². The van der Waals surface area contributed by atoms with E-state index in [9.17, 15) is 9.18 Å². The van der Waals surface area contributed by atoms with E-state index in [1.807, 2.05) is 0 Å². The quantitative estimate of drug-likeness (QED) is 0.647. The average Bonchev–Trinajstić information content (AvgIpc) is 2.61. The topological polar surface area (TPSA) is 51.2 Å². The van der Waals surface area contributed by atoms with Crippen molar-refractivity contribution in [1.82, 2.24) is 4.98 Å². The van der Waals surface area contributed by atoms with Crippen LogP contribution in [0.1, 0.15) is 10.4 Å². The molecule has 0 fully saturated rings. The number of halogens is 3. The summed E-state index contributed by atoms with van der Waals surface area (Å²) in [5.74, 6) is -0.402. The van der Waals surface area contributed by atoms with E-state index in [4.69, 9.17) is 27.9 Å². The molecule has 0 saturated heterocycles. The van der Waals surface area contributed by atoms with Crippen molar-refractivity contribution < 1.29 is 13.9 Å². The number of hydrogen-bond acceptors (Lipinski definition) is 3. The van der Waals surface area contributed by atoms with Gasteiger partial charge in [0.25, 0.3) is 5.91 Å². The number of nitrogens with zero attached hydrogens (tertiary/aromatic N) is 1. The largest absolute Gasteiger partial charge is 0.455 e. The zero-order valence-electron chi connectivity index (χ0n) is 12.7. The van der Waals surface area contributed by atoms with Gasteiger partial charge in [-0.2, -0.15) is 0 Å². The molecule has 2 aromatic carbocycles. The number of carbonyl (C=O) groups excluding carboxylic acids is 1. The Morgan fingerprint density at radius 3 is 2.64 bits per heavy atom. The molecule has 0 unspecified atom stereocenters. The molecular formula is C18H11Cl2FN2O2. The average molecular weight is 377 g/mol. The first-order chi connectivity index (χ1) is 12.0. The normalized spacial score (nSPS) is 10.4. The minimum absolute atomic E-state index is 0.135. The first-order valence-corrected chi connectivity index (χ1v) is 7.92. The Labute approximate surface area is 153 Å². The Kier molecular flexibility index (Phi) is 5.16. The van der Waals surface area contributed by atoms with Gasteiger partial charge in [-0.1, -0.05) is 23.2 Å². The molecule has 0 atom stereocenters. The molecule has 1 amide bonds. The number of rotatable bonds is 4. The molecule has 1 N–H and O–H groups in total. The van der Waals surface area contributed by atoms with Crippen LogP contribution in [0.4, 0.5) is 10.1 Å². The lowest BCUT2D eigenvalue weighted by molar-refractivity contribution is 0.102. The molecule has 0 bridgehead atoms. The number of pyridine rings is 1. The number of nitrogens with one attached hydrogen (secondary N) is 1. The van der Waals surface area contributed by atoms with Gasteiger partial charge in [-0.15, -0.1) is 0 Å².